The summed E-state index contributed by atoms with van der Waals surface area (Å²) in [7, 11) is 0. The first kappa shape index (κ1) is 15.7. The van der Waals surface area contributed by atoms with Gasteiger partial charge in [0.1, 0.15) is 0 Å². The third-order valence-electron chi connectivity index (χ3n) is 0.175. The fourth-order valence-electron chi connectivity index (χ4n) is 0. The minimum absolute atomic E-state index is 0. The van der Waals surface area contributed by atoms with Crippen molar-refractivity contribution >= 4 is 23.3 Å². The number of rotatable bonds is 1. The van der Waals surface area contributed by atoms with Crippen LogP contribution in [0.15, 0.2) is 12.7 Å². The van der Waals surface area contributed by atoms with Gasteiger partial charge >= 0.3 is 5.97 Å². The van der Waals surface area contributed by atoms with Crippen molar-refractivity contribution in [3.05, 3.63) is 12.7 Å². The van der Waals surface area contributed by atoms with Crippen molar-refractivity contribution in [2.75, 3.05) is 0 Å². The average Bonchev–Trinajstić information content (AvgIpc) is 1.38. The normalized spacial score (nSPS) is 4.57. The van der Waals surface area contributed by atoms with Crippen LogP contribution >= 0.6 is 0 Å². The van der Waals surface area contributed by atoms with Crippen molar-refractivity contribution in [3.8, 4) is 0 Å². The molecule has 0 aromatic heterocycles. The third kappa shape index (κ3) is 19.2. The van der Waals surface area contributed by atoms with Gasteiger partial charge in [-0.1, -0.05) is 6.58 Å². The molecule has 1 N–H and O–H groups in total. The molecule has 0 unspecified atom stereocenters. The zero-order valence-electron chi connectivity index (χ0n) is 3.14. The van der Waals surface area contributed by atoms with E-state index < -0.39 is 5.97 Å². The van der Waals surface area contributed by atoms with Gasteiger partial charge in [-0.2, -0.15) is 0 Å². The topological polar surface area (TPSA) is 37.3 Å². The Labute approximate surface area is 86.5 Å². The Kier molecular flexibility index (Phi) is 22.8. The Balaban J connectivity index is -0.0000000800. The van der Waals surface area contributed by atoms with Crippen LogP contribution in [-0.4, -0.2) is 28.4 Å². The molecular formula is C3H7AlCeO2. The van der Waals surface area contributed by atoms with Gasteiger partial charge < -0.3 is 5.11 Å². The van der Waals surface area contributed by atoms with E-state index in [-0.39, 0.29) is 59.1 Å². The second-order valence-electron chi connectivity index (χ2n) is 0.542. The van der Waals surface area contributed by atoms with Gasteiger partial charge in [-0.25, -0.2) is 4.79 Å². The van der Waals surface area contributed by atoms with E-state index >= 15 is 0 Å². The van der Waals surface area contributed by atoms with Crippen LogP contribution in [0.1, 0.15) is 0 Å². The molecule has 38 valence electrons. The summed E-state index contributed by atoms with van der Waals surface area (Å²) < 4.78 is 0. The van der Waals surface area contributed by atoms with Gasteiger partial charge in [0.05, 0.1) is 0 Å². The van der Waals surface area contributed by atoms with Crippen molar-refractivity contribution in [1.82, 2.24) is 0 Å². The van der Waals surface area contributed by atoms with Crippen molar-refractivity contribution in [2.45, 2.75) is 0 Å². The third-order valence-corrected chi connectivity index (χ3v) is 0.175. The molecule has 0 radical (unpaired) electrons. The first-order valence-corrected chi connectivity index (χ1v) is 1.12. The molecule has 0 aliphatic carbocycles. The molecule has 0 aliphatic rings. The van der Waals surface area contributed by atoms with Gasteiger partial charge in [0.25, 0.3) is 0 Å². The molecular weight excluding hydrogens is 235 g/mol. The molecule has 2 nitrogen and oxygen atoms in total. The van der Waals surface area contributed by atoms with Crippen LogP contribution in [0.3, 0.4) is 0 Å². The summed E-state index contributed by atoms with van der Waals surface area (Å²) in [5.41, 5.74) is 0. The number of aliphatic carboxylic acids is 1. The van der Waals surface area contributed by atoms with Crippen LogP contribution in [0, 0.1) is 41.7 Å². The predicted molar refractivity (Wildman–Crippen MR) is 27.8 cm³/mol. The molecule has 0 aromatic carbocycles. The Hall–Kier alpha value is 1.12. The maximum absolute atomic E-state index is 9.25. The van der Waals surface area contributed by atoms with E-state index in [1.165, 1.54) is 0 Å². The summed E-state index contributed by atoms with van der Waals surface area (Å²) in [6.07, 6.45) is 0.833. The Morgan fingerprint density at radius 2 is 1.86 bits per heavy atom. The van der Waals surface area contributed by atoms with Crippen LogP contribution in [0.4, 0.5) is 0 Å². The van der Waals surface area contributed by atoms with Gasteiger partial charge in [-0.15, -0.1) is 0 Å². The maximum Gasteiger partial charge on any atom is 0.327 e. The predicted octanol–water partition coefficient (Wildman–Crippen LogP) is -0.927. The fourth-order valence-corrected chi connectivity index (χ4v) is 0. The largest absolute Gasteiger partial charge is 0.478 e. The summed E-state index contributed by atoms with van der Waals surface area (Å²) in [6, 6.07) is 0. The van der Waals surface area contributed by atoms with Gasteiger partial charge in [0, 0.05) is 47.8 Å². The second-order valence-corrected chi connectivity index (χ2v) is 0.542. The fraction of sp³-hybridized carbons (Fsp3) is 0. The Bertz CT molecular complexity index is 64.0. The monoisotopic (exact) mass is 242 g/mol. The van der Waals surface area contributed by atoms with E-state index in [0.717, 1.165) is 6.08 Å². The zero-order chi connectivity index (χ0) is 4.28. The quantitative estimate of drug-likeness (QED) is 0.476. The number of carboxylic acid groups (broad SMARTS) is 1. The molecule has 0 saturated heterocycles. The molecule has 0 spiro atoms. The van der Waals surface area contributed by atoms with E-state index in [2.05, 4.69) is 6.58 Å². The Morgan fingerprint density at radius 3 is 1.86 bits per heavy atom. The molecule has 0 aromatic rings. The summed E-state index contributed by atoms with van der Waals surface area (Å²) in [5, 5.41) is 7.60. The van der Waals surface area contributed by atoms with E-state index in [0.29, 0.717) is 0 Å². The first-order valence-electron chi connectivity index (χ1n) is 1.12. The molecule has 4 heteroatoms. The van der Waals surface area contributed by atoms with E-state index in [9.17, 15) is 4.79 Å². The van der Waals surface area contributed by atoms with Crippen molar-refractivity contribution < 1.29 is 51.6 Å². The summed E-state index contributed by atoms with van der Waals surface area (Å²) >= 11 is 0. The van der Waals surface area contributed by atoms with Crippen molar-refractivity contribution in [1.29, 1.82) is 0 Å². The van der Waals surface area contributed by atoms with E-state index in [1.54, 1.807) is 0 Å². The average molecular weight is 242 g/mol. The zero-order valence-corrected chi connectivity index (χ0v) is 6.28. The van der Waals surface area contributed by atoms with Crippen molar-refractivity contribution in [3.63, 3.8) is 0 Å². The van der Waals surface area contributed by atoms with E-state index in [4.69, 9.17) is 5.11 Å². The smallest absolute Gasteiger partial charge is 0.327 e. The van der Waals surface area contributed by atoms with Crippen LogP contribution in [0.5, 0.6) is 0 Å². The number of carbonyl (C=O) groups is 1. The number of hydrogen-bond donors (Lipinski definition) is 1. The SMILES string of the molecule is C=CC(=O)O.[AlH3].[Ce]. The molecule has 0 amide bonds. The summed E-state index contributed by atoms with van der Waals surface area (Å²) in [5.74, 6) is -0.981. The molecule has 7 heavy (non-hydrogen) atoms. The van der Waals surface area contributed by atoms with Crippen LogP contribution < -0.4 is 0 Å². The molecule has 0 aliphatic heterocycles. The van der Waals surface area contributed by atoms with Crippen LogP contribution in [0.2, 0.25) is 0 Å². The van der Waals surface area contributed by atoms with E-state index in [1.807, 2.05) is 0 Å². The van der Waals surface area contributed by atoms with Gasteiger partial charge in [0.2, 0.25) is 0 Å². The van der Waals surface area contributed by atoms with Gasteiger partial charge in [-0.3, -0.25) is 0 Å². The Morgan fingerprint density at radius 1 is 1.71 bits per heavy atom. The van der Waals surface area contributed by atoms with Gasteiger partial charge in [0.15, 0.2) is 17.4 Å². The first-order chi connectivity index (χ1) is 2.27. The van der Waals surface area contributed by atoms with Crippen LogP contribution in [-0.2, 0) is 4.79 Å². The van der Waals surface area contributed by atoms with Gasteiger partial charge in [-0.05, 0) is 0 Å². The van der Waals surface area contributed by atoms with Crippen molar-refractivity contribution in [2.24, 2.45) is 0 Å². The molecule has 0 atom stereocenters. The summed E-state index contributed by atoms with van der Waals surface area (Å²) in [4.78, 5) is 9.25. The summed E-state index contributed by atoms with van der Waals surface area (Å²) in [6.45, 7) is 2.96. The second kappa shape index (κ2) is 10.2. The standard InChI is InChI=1S/C3H4O2.Al.Ce.3H/c1-2-3(4)5;;;;;/h2H,1H2,(H,4,5);;;;;. The molecule has 0 saturated carbocycles. The molecule has 0 rings (SSSR count). The number of hydrogen-bond acceptors (Lipinski definition) is 1. The minimum Gasteiger partial charge on any atom is -0.478 e. The van der Waals surface area contributed by atoms with Crippen LogP contribution in [0.25, 0.3) is 0 Å². The maximum atomic E-state index is 9.25. The number of carboxylic acids is 1. The minimum atomic E-state index is -0.981. The molecule has 0 fully saturated rings. The molecule has 0 heterocycles. The molecule has 0 bridgehead atoms.